The largest absolute Gasteiger partial charge is 0.493 e. The molecule has 1 nitrogen and oxygen atoms in total. The van der Waals surface area contributed by atoms with Gasteiger partial charge in [0.1, 0.15) is 5.75 Å². The predicted molar refractivity (Wildman–Crippen MR) is 59.5 cm³/mol. The van der Waals surface area contributed by atoms with Crippen molar-refractivity contribution in [2.45, 2.75) is 6.42 Å². The van der Waals surface area contributed by atoms with Crippen LogP contribution in [0.4, 0.5) is 0 Å². The van der Waals surface area contributed by atoms with Gasteiger partial charge >= 0.3 is 0 Å². The van der Waals surface area contributed by atoms with Crippen molar-refractivity contribution in [3.8, 4) is 5.75 Å². The molecule has 0 aromatic heterocycles. The van der Waals surface area contributed by atoms with Crippen molar-refractivity contribution in [1.29, 1.82) is 0 Å². The minimum Gasteiger partial charge on any atom is -0.493 e. The molecule has 0 radical (unpaired) electrons. The lowest BCUT2D eigenvalue weighted by atomic mass is 10.3. The Morgan fingerprint density at radius 1 is 1.54 bits per heavy atom. The number of halogens is 2. The van der Waals surface area contributed by atoms with Gasteiger partial charge in [-0.25, -0.2) is 0 Å². The molecule has 70 valence electrons. The highest BCUT2D eigenvalue weighted by molar-refractivity contribution is 9.10. The molecule has 0 bridgehead atoms. The van der Waals surface area contributed by atoms with Crippen LogP contribution in [0.15, 0.2) is 35.3 Å². The molecule has 0 spiro atoms. The fourth-order valence-corrected chi connectivity index (χ4v) is 1.24. The van der Waals surface area contributed by atoms with Crippen LogP contribution >= 0.6 is 27.5 Å². The van der Waals surface area contributed by atoms with Crippen LogP contribution in [0, 0.1) is 0 Å². The zero-order valence-electron chi connectivity index (χ0n) is 7.09. The molecular weight excluding hydrogens is 251 g/mol. The second-order valence-electron chi connectivity index (χ2n) is 2.50. The maximum Gasteiger partial charge on any atom is 0.120 e. The highest BCUT2D eigenvalue weighted by Crippen LogP contribution is 2.26. The van der Waals surface area contributed by atoms with Gasteiger partial charge in [0.05, 0.1) is 11.6 Å². The van der Waals surface area contributed by atoms with Crippen molar-refractivity contribution in [3.05, 3.63) is 40.3 Å². The molecule has 3 heteroatoms. The summed E-state index contributed by atoms with van der Waals surface area (Å²) in [6.45, 7) is 4.25. The SMILES string of the molecule is C=CCCOc1ccc(Br)c(Cl)c1. The van der Waals surface area contributed by atoms with E-state index in [1.165, 1.54) is 0 Å². The molecule has 0 unspecified atom stereocenters. The van der Waals surface area contributed by atoms with Gasteiger partial charge in [-0.15, -0.1) is 6.58 Å². The molecule has 1 aromatic carbocycles. The highest BCUT2D eigenvalue weighted by Gasteiger charge is 1.98. The quantitative estimate of drug-likeness (QED) is 0.587. The lowest BCUT2D eigenvalue weighted by Gasteiger charge is -2.05. The van der Waals surface area contributed by atoms with Gasteiger partial charge in [0.2, 0.25) is 0 Å². The Morgan fingerprint density at radius 2 is 2.31 bits per heavy atom. The van der Waals surface area contributed by atoms with Gasteiger partial charge in [-0.1, -0.05) is 17.7 Å². The van der Waals surface area contributed by atoms with Gasteiger partial charge in [-0.3, -0.25) is 0 Å². The first-order valence-electron chi connectivity index (χ1n) is 3.93. The molecule has 0 aliphatic carbocycles. The Bertz CT molecular complexity index is 299. The van der Waals surface area contributed by atoms with Gasteiger partial charge in [0.15, 0.2) is 0 Å². The fourth-order valence-electron chi connectivity index (χ4n) is 0.827. The Balaban J connectivity index is 2.57. The van der Waals surface area contributed by atoms with Crippen molar-refractivity contribution in [2.24, 2.45) is 0 Å². The first-order chi connectivity index (χ1) is 6.24. The summed E-state index contributed by atoms with van der Waals surface area (Å²) in [5.74, 6) is 0.787. The minimum atomic E-state index is 0.640. The Kier molecular flexibility index (Phi) is 4.33. The number of hydrogen-bond acceptors (Lipinski definition) is 1. The number of ether oxygens (including phenoxy) is 1. The first-order valence-corrected chi connectivity index (χ1v) is 5.10. The molecule has 0 N–H and O–H groups in total. The van der Waals surface area contributed by atoms with Crippen LogP contribution in [0.3, 0.4) is 0 Å². The predicted octanol–water partition coefficient (Wildman–Crippen LogP) is 4.06. The first kappa shape index (κ1) is 10.6. The maximum atomic E-state index is 5.88. The van der Waals surface area contributed by atoms with Crippen molar-refractivity contribution >= 4 is 27.5 Å². The van der Waals surface area contributed by atoms with Crippen LogP contribution < -0.4 is 4.74 Å². The third kappa shape index (κ3) is 3.41. The molecule has 0 amide bonds. The molecule has 0 heterocycles. The second kappa shape index (κ2) is 5.30. The van der Waals surface area contributed by atoms with E-state index in [0.29, 0.717) is 11.6 Å². The van der Waals surface area contributed by atoms with E-state index in [1.807, 2.05) is 18.2 Å². The Hall–Kier alpha value is -0.470. The summed E-state index contributed by atoms with van der Waals surface area (Å²) >= 11 is 9.19. The molecule has 13 heavy (non-hydrogen) atoms. The summed E-state index contributed by atoms with van der Waals surface area (Å²) in [6.07, 6.45) is 2.66. The minimum absolute atomic E-state index is 0.640. The summed E-state index contributed by atoms with van der Waals surface area (Å²) in [5, 5.41) is 0.663. The normalized spacial score (nSPS) is 9.69. The zero-order valence-corrected chi connectivity index (χ0v) is 9.44. The maximum absolute atomic E-state index is 5.88. The van der Waals surface area contributed by atoms with Crippen molar-refractivity contribution in [2.75, 3.05) is 6.61 Å². The number of rotatable bonds is 4. The van der Waals surface area contributed by atoms with E-state index < -0.39 is 0 Å². The van der Waals surface area contributed by atoms with Crippen LogP contribution in [0.2, 0.25) is 5.02 Å². The molecule has 0 fully saturated rings. The third-order valence-corrected chi connectivity index (χ3v) is 2.71. The average molecular weight is 262 g/mol. The lowest BCUT2D eigenvalue weighted by molar-refractivity contribution is 0.325. The molecule has 0 atom stereocenters. The van der Waals surface area contributed by atoms with Crippen molar-refractivity contribution < 1.29 is 4.74 Å². The van der Waals surface area contributed by atoms with E-state index in [1.54, 1.807) is 6.07 Å². The van der Waals surface area contributed by atoms with E-state index in [0.717, 1.165) is 16.6 Å². The number of benzene rings is 1. The van der Waals surface area contributed by atoms with E-state index >= 15 is 0 Å². The van der Waals surface area contributed by atoms with Crippen LogP contribution in [-0.4, -0.2) is 6.61 Å². The standard InChI is InChI=1S/C10H10BrClO/c1-2-3-6-13-8-4-5-9(11)10(12)7-8/h2,4-5,7H,1,3,6H2. The summed E-state index contributed by atoms with van der Waals surface area (Å²) in [7, 11) is 0. The molecule has 0 saturated carbocycles. The second-order valence-corrected chi connectivity index (χ2v) is 3.76. The third-order valence-electron chi connectivity index (χ3n) is 1.48. The molecule has 0 aliphatic heterocycles. The Morgan fingerprint density at radius 3 is 2.92 bits per heavy atom. The topological polar surface area (TPSA) is 9.23 Å². The van der Waals surface area contributed by atoms with Gasteiger partial charge in [0.25, 0.3) is 0 Å². The van der Waals surface area contributed by atoms with Crippen LogP contribution in [-0.2, 0) is 0 Å². The average Bonchev–Trinajstić information content (AvgIpc) is 2.12. The lowest BCUT2D eigenvalue weighted by Crippen LogP contribution is -1.94. The molecule has 0 saturated heterocycles. The summed E-state index contributed by atoms with van der Waals surface area (Å²) in [4.78, 5) is 0. The molecule has 0 aliphatic rings. The van der Waals surface area contributed by atoms with Gasteiger partial charge < -0.3 is 4.74 Å². The van der Waals surface area contributed by atoms with Crippen molar-refractivity contribution in [1.82, 2.24) is 0 Å². The molecule has 1 rings (SSSR count). The van der Waals surface area contributed by atoms with Gasteiger partial charge in [-0.05, 0) is 40.5 Å². The highest BCUT2D eigenvalue weighted by atomic mass is 79.9. The van der Waals surface area contributed by atoms with E-state index in [9.17, 15) is 0 Å². The van der Waals surface area contributed by atoms with Gasteiger partial charge in [0, 0.05) is 4.47 Å². The van der Waals surface area contributed by atoms with E-state index in [-0.39, 0.29) is 0 Å². The smallest absolute Gasteiger partial charge is 0.120 e. The molecular formula is C10H10BrClO. The summed E-state index contributed by atoms with van der Waals surface area (Å²) in [6, 6.07) is 5.53. The van der Waals surface area contributed by atoms with Crippen LogP contribution in [0.1, 0.15) is 6.42 Å². The van der Waals surface area contributed by atoms with Crippen LogP contribution in [0.5, 0.6) is 5.75 Å². The zero-order chi connectivity index (χ0) is 9.68. The molecule has 1 aromatic rings. The summed E-state index contributed by atoms with van der Waals surface area (Å²) < 4.78 is 6.29. The fraction of sp³-hybridized carbons (Fsp3) is 0.200. The van der Waals surface area contributed by atoms with E-state index in [4.69, 9.17) is 16.3 Å². The van der Waals surface area contributed by atoms with Crippen LogP contribution in [0.25, 0.3) is 0 Å². The van der Waals surface area contributed by atoms with Gasteiger partial charge in [-0.2, -0.15) is 0 Å². The monoisotopic (exact) mass is 260 g/mol. The number of hydrogen-bond donors (Lipinski definition) is 0. The summed E-state index contributed by atoms with van der Waals surface area (Å²) in [5.41, 5.74) is 0. The van der Waals surface area contributed by atoms with E-state index in [2.05, 4.69) is 22.5 Å². The van der Waals surface area contributed by atoms with Crippen molar-refractivity contribution in [3.63, 3.8) is 0 Å². The Labute approximate surface area is 91.5 Å².